The van der Waals surface area contributed by atoms with E-state index in [-0.39, 0.29) is 6.09 Å². The predicted octanol–water partition coefficient (Wildman–Crippen LogP) is 2.50. The van der Waals surface area contributed by atoms with Crippen molar-refractivity contribution in [1.82, 2.24) is 9.88 Å². The van der Waals surface area contributed by atoms with Crippen LogP contribution in [0, 0.1) is 11.3 Å². The molecule has 0 spiro atoms. The fraction of sp³-hybridized carbons (Fsp3) is 0.615. The van der Waals surface area contributed by atoms with Crippen LogP contribution in [0.5, 0.6) is 0 Å². The number of thiazole rings is 1. The van der Waals surface area contributed by atoms with Crippen LogP contribution in [-0.2, 0) is 24.1 Å². The first-order valence-corrected chi connectivity index (χ1v) is 7.03. The van der Waals surface area contributed by atoms with Crippen molar-refractivity contribution in [3.63, 3.8) is 0 Å². The fourth-order valence-corrected chi connectivity index (χ4v) is 2.94. The SMILES string of the molecule is CC(C)(C)OC(=O)N1CCc2nc(CC#N)sc2C1. The van der Waals surface area contributed by atoms with Crippen LogP contribution < -0.4 is 0 Å². The summed E-state index contributed by atoms with van der Waals surface area (Å²) in [5.74, 6) is 0. The number of amides is 1. The highest BCUT2D eigenvalue weighted by Gasteiger charge is 2.27. The molecule has 0 N–H and O–H groups in total. The van der Waals surface area contributed by atoms with E-state index in [1.807, 2.05) is 20.8 Å². The first-order chi connectivity index (χ1) is 8.89. The van der Waals surface area contributed by atoms with Gasteiger partial charge in [0.1, 0.15) is 10.6 Å². The van der Waals surface area contributed by atoms with E-state index < -0.39 is 5.60 Å². The Labute approximate surface area is 116 Å². The fourth-order valence-electron chi connectivity index (χ4n) is 1.87. The van der Waals surface area contributed by atoms with E-state index in [2.05, 4.69) is 11.1 Å². The molecule has 6 heteroatoms. The molecule has 0 radical (unpaired) electrons. The Hall–Kier alpha value is -1.61. The lowest BCUT2D eigenvalue weighted by Crippen LogP contribution is -2.39. The Bertz CT molecular complexity index is 525. The molecule has 19 heavy (non-hydrogen) atoms. The molecular weight excluding hydrogens is 262 g/mol. The number of fused-ring (bicyclic) bond motifs is 1. The van der Waals surface area contributed by atoms with E-state index in [0.717, 1.165) is 22.0 Å². The molecule has 1 amide bonds. The third-order valence-electron chi connectivity index (χ3n) is 2.66. The molecule has 0 aliphatic carbocycles. The highest BCUT2D eigenvalue weighted by atomic mass is 32.1. The number of nitriles is 1. The molecule has 1 aliphatic heterocycles. The van der Waals surface area contributed by atoms with Crippen LogP contribution in [-0.4, -0.2) is 28.1 Å². The van der Waals surface area contributed by atoms with Crippen molar-refractivity contribution >= 4 is 17.4 Å². The lowest BCUT2D eigenvalue weighted by molar-refractivity contribution is 0.0225. The third-order valence-corrected chi connectivity index (χ3v) is 3.74. The first kappa shape index (κ1) is 13.8. The molecule has 0 fully saturated rings. The molecule has 0 atom stereocenters. The average molecular weight is 279 g/mol. The van der Waals surface area contributed by atoms with Gasteiger partial charge in [-0.15, -0.1) is 11.3 Å². The summed E-state index contributed by atoms with van der Waals surface area (Å²) in [5, 5.41) is 9.51. The number of hydrogen-bond donors (Lipinski definition) is 0. The van der Waals surface area contributed by atoms with Crippen LogP contribution in [0.1, 0.15) is 36.3 Å². The number of hydrogen-bond acceptors (Lipinski definition) is 5. The monoisotopic (exact) mass is 279 g/mol. The molecule has 0 unspecified atom stereocenters. The zero-order chi connectivity index (χ0) is 14.0. The van der Waals surface area contributed by atoms with Crippen molar-refractivity contribution in [2.24, 2.45) is 0 Å². The number of ether oxygens (including phenoxy) is 1. The number of rotatable bonds is 1. The second-order valence-corrected chi connectivity index (χ2v) is 6.63. The Balaban J connectivity index is 2.05. The molecule has 1 aromatic rings. The van der Waals surface area contributed by atoms with Crippen LogP contribution >= 0.6 is 11.3 Å². The van der Waals surface area contributed by atoms with Crippen molar-refractivity contribution in [2.75, 3.05) is 6.54 Å². The quantitative estimate of drug-likeness (QED) is 0.792. The van der Waals surface area contributed by atoms with E-state index in [0.29, 0.717) is 19.5 Å². The smallest absolute Gasteiger partial charge is 0.410 e. The van der Waals surface area contributed by atoms with E-state index in [9.17, 15) is 4.79 Å². The van der Waals surface area contributed by atoms with Gasteiger partial charge in [0.05, 0.1) is 24.7 Å². The zero-order valence-corrected chi connectivity index (χ0v) is 12.2. The van der Waals surface area contributed by atoms with E-state index in [1.54, 1.807) is 4.90 Å². The molecule has 0 saturated carbocycles. The lowest BCUT2D eigenvalue weighted by Gasteiger charge is -2.29. The van der Waals surface area contributed by atoms with Gasteiger partial charge in [0.25, 0.3) is 0 Å². The van der Waals surface area contributed by atoms with Crippen LogP contribution in [0.3, 0.4) is 0 Å². The molecule has 2 heterocycles. The largest absolute Gasteiger partial charge is 0.444 e. The number of nitrogens with zero attached hydrogens (tertiary/aromatic N) is 3. The van der Waals surface area contributed by atoms with Crippen molar-refractivity contribution in [3.05, 3.63) is 15.6 Å². The van der Waals surface area contributed by atoms with Crippen LogP contribution in [0.4, 0.5) is 4.79 Å². The predicted molar refractivity (Wildman–Crippen MR) is 71.8 cm³/mol. The Kier molecular flexibility index (Phi) is 3.76. The summed E-state index contributed by atoms with van der Waals surface area (Å²) in [6, 6.07) is 2.10. The summed E-state index contributed by atoms with van der Waals surface area (Å²) in [6.07, 6.45) is 0.786. The molecule has 0 aromatic carbocycles. The standard InChI is InChI=1S/C13H17N3O2S/c1-13(2,3)18-12(17)16-7-5-9-10(8-16)19-11(15-9)4-6-14/h4-5,7-8H2,1-3H3. The van der Waals surface area contributed by atoms with Gasteiger partial charge in [-0.25, -0.2) is 9.78 Å². The molecule has 0 saturated heterocycles. The molecule has 5 nitrogen and oxygen atoms in total. The van der Waals surface area contributed by atoms with Gasteiger partial charge in [-0.2, -0.15) is 5.26 Å². The number of carbonyl (C=O) groups excluding carboxylic acids is 1. The van der Waals surface area contributed by atoms with Gasteiger partial charge in [0.15, 0.2) is 0 Å². The third kappa shape index (κ3) is 3.44. The second kappa shape index (κ2) is 5.17. The highest BCUT2D eigenvalue weighted by molar-refractivity contribution is 7.11. The minimum absolute atomic E-state index is 0.284. The van der Waals surface area contributed by atoms with Crippen LogP contribution in [0.25, 0.3) is 0 Å². The summed E-state index contributed by atoms with van der Waals surface area (Å²) in [6.45, 7) is 6.74. The van der Waals surface area contributed by atoms with Crippen molar-refractivity contribution in [1.29, 1.82) is 5.26 Å². The molecule has 1 aromatic heterocycles. The second-order valence-electron chi connectivity index (χ2n) is 5.46. The maximum atomic E-state index is 12.0. The maximum absolute atomic E-state index is 12.0. The van der Waals surface area contributed by atoms with Gasteiger partial charge < -0.3 is 9.64 Å². The molecule has 1 aliphatic rings. The lowest BCUT2D eigenvalue weighted by atomic mass is 10.2. The Morgan fingerprint density at radius 2 is 2.32 bits per heavy atom. The van der Waals surface area contributed by atoms with Crippen molar-refractivity contribution in [3.8, 4) is 6.07 Å². The van der Waals surface area contributed by atoms with Gasteiger partial charge in [-0.3, -0.25) is 0 Å². The first-order valence-electron chi connectivity index (χ1n) is 6.21. The molecule has 2 rings (SSSR count). The van der Waals surface area contributed by atoms with Gasteiger partial charge in [0, 0.05) is 17.8 Å². The molecular formula is C13H17N3O2S. The minimum Gasteiger partial charge on any atom is -0.444 e. The zero-order valence-electron chi connectivity index (χ0n) is 11.4. The van der Waals surface area contributed by atoms with Crippen LogP contribution in [0.15, 0.2) is 0 Å². The van der Waals surface area contributed by atoms with Crippen molar-refractivity contribution in [2.45, 2.75) is 45.8 Å². The van der Waals surface area contributed by atoms with E-state index >= 15 is 0 Å². The summed E-state index contributed by atoms with van der Waals surface area (Å²) >= 11 is 1.52. The van der Waals surface area contributed by atoms with Gasteiger partial charge in [-0.05, 0) is 20.8 Å². The summed E-state index contributed by atoms with van der Waals surface area (Å²) in [4.78, 5) is 19.2. The molecule has 102 valence electrons. The average Bonchev–Trinajstić information content (AvgIpc) is 2.68. The highest BCUT2D eigenvalue weighted by Crippen LogP contribution is 2.26. The molecule has 0 bridgehead atoms. The van der Waals surface area contributed by atoms with E-state index in [4.69, 9.17) is 10.00 Å². The van der Waals surface area contributed by atoms with Gasteiger partial charge in [0.2, 0.25) is 0 Å². The summed E-state index contributed by atoms with van der Waals surface area (Å²) in [7, 11) is 0. The topological polar surface area (TPSA) is 66.2 Å². The van der Waals surface area contributed by atoms with Gasteiger partial charge in [-0.1, -0.05) is 0 Å². The Morgan fingerprint density at radius 1 is 1.58 bits per heavy atom. The van der Waals surface area contributed by atoms with Crippen molar-refractivity contribution < 1.29 is 9.53 Å². The van der Waals surface area contributed by atoms with Crippen LogP contribution in [0.2, 0.25) is 0 Å². The Morgan fingerprint density at radius 3 is 2.95 bits per heavy atom. The minimum atomic E-state index is -0.475. The summed E-state index contributed by atoms with van der Waals surface area (Å²) in [5.41, 5.74) is 0.548. The van der Waals surface area contributed by atoms with E-state index in [1.165, 1.54) is 11.3 Å². The number of carbonyl (C=O) groups is 1. The maximum Gasteiger partial charge on any atom is 0.410 e. The normalized spacial score (nSPS) is 14.7. The number of aromatic nitrogens is 1. The van der Waals surface area contributed by atoms with Gasteiger partial charge >= 0.3 is 6.09 Å². The summed E-state index contributed by atoms with van der Waals surface area (Å²) < 4.78 is 5.37.